The van der Waals surface area contributed by atoms with Crippen LogP contribution in [0.4, 0.5) is 0 Å². The quantitative estimate of drug-likeness (QED) is 0.869. The highest BCUT2D eigenvalue weighted by Gasteiger charge is 2.50. The number of nitrogens with two attached hydrogens (primary N) is 1. The van der Waals surface area contributed by atoms with Crippen LogP contribution in [0.5, 0.6) is 5.75 Å². The molecule has 0 aliphatic carbocycles. The Hall–Kier alpha value is -1.06. The zero-order chi connectivity index (χ0) is 12.5. The van der Waals surface area contributed by atoms with Crippen LogP contribution in [0.2, 0.25) is 0 Å². The van der Waals surface area contributed by atoms with E-state index in [4.69, 9.17) is 15.2 Å². The van der Waals surface area contributed by atoms with E-state index in [0.29, 0.717) is 19.8 Å². The highest BCUT2D eigenvalue weighted by Crippen LogP contribution is 2.40. The zero-order valence-electron chi connectivity index (χ0n) is 10.8. The molecular formula is C14H21NO2. The summed E-state index contributed by atoms with van der Waals surface area (Å²) in [6.45, 7) is 8.20. The first-order valence-corrected chi connectivity index (χ1v) is 6.09. The van der Waals surface area contributed by atoms with Crippen molar-refractivity contribution < 1.29 is 9.47 Å². The van der Waals surface area contributed by atoms with E-state index >= 15 is 0 Å². The van der Waals surface area contributed by atoms with Crippen LogP contribution in [0.25, 0.3) is 0 Å². The van der Waals surface area contributed by atoms with Crippen LogP contribution >= 0.6 is 0 Å². The first-order valence-electron chi connectivity index (χ1n) is 6.09. The normalized spacial score (nSPS) is 18.6. The summed E-state index contributed by atoms with van der Waals surface area (Å²) in [5.41, 5.74) is 7.19. The van der Waals surface area contributed by atoms with Crippen LogP contribution in [0.15, 0.2) is 24.3 Å². The lowest BCUT2D eigenvalue weighted by atomic mass is 9.66. The molecule has 2 N–H and O–H groups in total. The second-order valence-electron chi connectivity index (χ2n) is 5.25. The largest absolute Gasteiger partial charge is 0.494 e. The van der Waals surface area contributed by atoms with Gasteiger partial charge in [0.1, 0.15) is 5.75 Å². The van der Waals surface area contributed by atoms with Gasteiger partial charge in [0.25, 0.3) is 0 Å². The van der Waals surface area contributed by atoms with Gasteiger partial charge in [0.2, 0.25) is 0 Å². The summed E-state index contributed by atoms with van der Waals surface area (Å²) in [6, 6.07) is 8.21. The molecule has 94 valence electrons. The first kappa shape index (κ1) is 12.4. The molecule has 1 fully saturated rings. The number of ether oxygens (including phenoxy) is 2. The van der Waals surface area contributed by atoms with Gasteiger partial charge in [0, 0.05) is 5.54 Å². The molecule has 0 saturated carbocycles. The molecule has 0 unspecified atom stereocenters. The molecule has 1 aromatic rings. The minimum Gasteiger partial charge on any atom is -0.494 e. The minimum atomic E-state index is -0.279. The van der Waals surface area contributed by atoms with E-state index in [1.807, 2.05) is 19.1 Å². The van der Waals surface area contributed by atoms with Gasteiger partial charge >= 0.3 is 0 Å². The van der Waals surface area contributed by atoms with Crippen molar-refractivity contribution in [3.8, 4) is 5.75 Å². The number of hydrogen-bond donors (Lipinski definition) is 1. The van der Waals surface area contributed by atoms with Gasteiger partial charge in [-0.2, -0.15) is 0 Å². The van der Waals surface area contributed by atoms with E-state index in [2.05, 4.69) is 26.0 Å². The van der Waals surface area contributed by atoms with Crippen molar-refractivity contribution in [2.75, 3.05) is 19.8 Å². The predicted octanol–water partition coefficient (Wildman–Crippen LogP) is 2.09. The maximum absolute atomic E-state index is 6.29. The molecule has 0 aromatic heterocycles. The lowest BCUT2D eigenvalue weighted by Gasteiger charge is -2.51. The van der Waals surface area contributed by atoms with Crippen molar-refractivity contribution >= 4 is 0 Å². The van der Waals surface area contributed by atoms with Gasteiger partial charge in [-0.15, -0.1) is 0 Å². The maximum atomic E-state index is 6.29. The van der Waals surface area contributed by atoms with Crippen LogP contribution in [0.3, 0.4) is 0 Å². The Morgan fingerprint density at radius 3 is 2.24 bits per heavy atom. The van der Waals surface area contributed by atoms with Crippen molar-refractivity contribution in [2.45, 2.75) is 31.7 Å². The summed E-state index contributed by atoms with van der Waals surface area (Å²) in [5.74, 6) is 0.904. The lowest BCUT2D eigenvalue weighted by Crippen LogP contribution is -2.64. The van der Waals surface area contributed by atoms with Crippen molar-refractivity contribution in [1.29, 1.82) is 0 Å². The monoisotopic (exact) mass is 235 g/mol. The van der Waals surface area contributed by atoms with Gasteiger partial charge in [-0.3, -0.25) is 0 Å². The minimum absolute atomic E-state index is 0.0578. The van der Waals surface area contributed by atoms with Gasteiger partial charge < -0.3 is 15.2 Å². The molecule has 2 rings (SSSR count). The van der Waals surface area contributed by atoms with Crippen molar-refractivity contribution in [3.63, 3.8) is 0 Å². The Kier molecular flexibility index (Phi) is 3.15. The Morgan fingerprint density at radius 1 is 1.29 bits per heavy atom. The summed E-state index contributed by atoms with van der Waals surface area (Å²) in [6.07, 6.45) is 0. The summed E-state index contributed by atoms with van der Waals surface area (Å²) >= 11 is 0. The molecule has 3 nitrogen and oxygen atoms in total. The fourth-order valence-corrected chi connectivity index (χ4v) is 2.25. The fraction of sp³-hybridized carbons (Fsp3) is 0.571. The molecule has 1 heterocycles. The van der Waals surface area contributed by atoms with Crippen LogP contribution in [0.1, 0.15) is 26.3 Å². The van der Waals surface area contributed by atoms with Crippen molar-refractivity contribution in [3.05, 3.63) is 29.8 Å². The summed E-state index contributed by atoms with van der Waals surface area (Å²) < 4.78 is 10.8. The van der Waals surface area contributed by atoms with E-state index in [0.717, 1.165) is 5.75 Å². The fourth-order valence-electron chi connectivity index (χ4n) is 2.25. The van der Waals surface area contributed by atoms with E-state index in [-0.39, 0.29) is 11.0 Å². The van der Waals surface area contributed by atoms with E-state index in [9.17, 15) is 0 Å². The molecule has 0 bridgehead atoms. The summed E-state index contributed by atoms with van der Waals surface area (Å²) in [7, 11) is 0. The topological polar surface area (TPSA) is 44.5 Å². The zero-order valence-corrected chi connectivity index (χ0v) is 10.8. The molecule has 0 amide bonds. The van der Waals surface area contributed by atoms with Crippen LogP contribution < -0.4 is 10.5 Å². The number of rotatable bonds is 4. The van der Waals surface area contributed by atoms with E-state index in [1.54, 1.807) is 0 Å². The third-order valence-corrected chi connectivity index (χ3v) is 3.65. The maximum Gasteiger partial charge on any atom is 0.119 e. The van der Waals surface area contributed by atoms with Crippen molar-refractivity contribution in [2.24, 2.45) is 5.73 Å². The van der Waals surface area contributed by atoms with Crippen LogP contribution in [-0.4, -0.2) is 25.4 Å². The molecule has 3 heteroatoms. The van der Waals surface area contributed by atoms with Gasteiger partial charge in [-0.05, 0) is 38.5 Å². The lowest BCUT2D eigenvalue weighted by molar-refractivity contribution is -0.0919. The predicted molar refractivity (Wildman–Crippen MR) is 68.4 cm³/mol. The smallest absolute Gasteiger partial charge is 0.119 e. The second kappa shape index (κ2) is 4.31. The molecule has 1 saturated heterocycles. The van der Waals surface area contributed by atoms with Crippen LogP contribution in [-0.2, 0) is 10.2 Å². The Bertz CT molecular complexity index is 374. The van der Waals surface area contributed by atoms with E-state index < -0.39 is 0 Å². The van der Waals surface area contributed by atoms with Crippen molar-refractivity contribution in [1.82, 2.24) is 0 Å². The third kappa shape index (κ3) is 2.05. The molecule has 0 spiro atoms. The second-order valence-corrected chi connectivity index (χ2v) is 5.25. The average Bonchev–Trinajstić information content (AvgIpc) is 2.17. The molecule has 0 atom stereocenters. The van der Waals surface area contributed by atoms with Crippen LogP contribution in [0, 0.1) is 0 Å². The Balaban J connectivity index is 2.26. The molecular weight excluding hydrogens is 214 g/mol. The van der Waals surface area contributed by atoms with E-state index in [1.165, 1.54) is 5.56 Å². The molecule has 1 aliphatic rings. The highest BCUT2D eigenvalue weighted by molar-refractivity contribution is 5.37. The average molecular weight is 235 g/mol. The van der Waals surface area contributed by atoms with Gasteiger partial charge in [-0.1, -0.05) is 12.1 Å². The Morgan fingerprint density at radius 2 is 1.88 bits per heavy atom. The molecule has 0 radical (unpaired) electrons. The SMILES string of the molecule is CCOc1ccc(C2(C(C)(C)N)COC2)cc1. The summed E-state index contributed by atoms with van der Waals surface area (Å²) in [4.78, 5) is 0. The third-order valence-electron chi connectivity index (χ3n) is 3.65. The number of hydrogen-bond acceptors (Lipinski definition) is 3. The molecule has 1 aliphatic heterocycles. The van der Waals surface area contributed by atoms with Gasteiger partial charge in [0.05, 0.1) is 25.2 Å². The van der Waals surface area contributed by atoms with Gasteiger partial charge in [-0.25, -0.2) is 0 Å². The molecule has 1 aromatic carbocycles. The number of benzene rings is 1. The Labute approximate surface area is 103 Å². The summed E-state index contributed by atoms with van der Waals surface area (Å²) in [5, 5.41) is 0. The first-order chi connectivity index (χ1) is 7.99. The standard InChI is InChI=1S/C14H21NO2/c1-4-17-12-7-5-11(6-8-12)14(9-16-10-14)13(2,3)15/h5-8H,4,9-10,15H2,1-3H3. The highest BCUT2D eigenvalue weighted by atomic mass is 16.5. The van der Waals surface area contributed by atoms with Gasteiger partial charge in [0.15, 0.2) is 0 Å². The molecule has 17 heavy (non-hydrogen) atoms.